The maximum atomic E-state index is 11.5. The van der Waals surface area contributed by atoms with Crippen LogP contribution < -0.4 is 0 Å². The van der Waals surface area contributed by atoms with Gasteiger partial charge < -0.3 is 9.64 Å². The van der Waals surface area contributed by atoms with Crippen molar-refractivity contribution in [1.29, 1.82) is 0 Å². The summed E-state index contributed by atoms with van der Waals surface area (Å²) in [5.41, 5.74) is -0.480. The number of hydrogen-bond donors (Lipinski definition) is 0. The molecule has 1 aliphatic rings. The zero-order chi connectivity index (χ0) is 10.6. The molecule has 0 bridgehead atoms. The molecule has 4 heteroatoms. The summed E-state index contributed by atoms with van der Waals surface area (Å²) >= 11 is 0. The molecule has 0 saturated carbocycles. The maximum Gasteiger partial charge on any atom is 1.00 e. The standard InChI is InChI=1S/C11H14NO2.Au/c1-11(2,3)14-10(13)12-8-6-4-5-7-9-12;/h4-8H,1-3H3;/q-1;+1. The van der Waals surface area contributed by atoms with Gasteiger partial charge in [0.05, 0.1) is 5.60 Å². The van der Waals surface area contributed by atoms with Gasteiger partial charge in [0.1, 0.15) is 0 Å². The number of allylic oxidation sites excluding steroid dienone is 4. The first kappa shape index (κ1) is 14.2. The molecule has 0 spiro atoms. The van der Waals surface area contributed by atoms with Crippen molar-refractivity contribution in [2.24, 2.45) is 0 Å². The van der Waals surface area contributed by atoms with Crippen LogP contribution in [0.25, 0.3) is 0 Å². The van der Waals surface area contributed by atoms with Crippen LogP contribution in [0.15, 0.2) is 30.5 Å². The molecule has 0 aliphatic carbocycles. The average molecular weight is 389 g/mol. The van der Waals surface area contributed by atoms with E-state index in [2.05, 4.69) is 6.20 Å². The second kappa shape index (κ2) is 5.95. The number of rotatable bonds is 0. The van der Waals surface area contributed by atoms with E-state index in [0.717, 1.165) is 0 Å². The summed E-state index contributed by atoms with van der Waals surface area (Å²) in [6.45, 7) is 5.48. The Morgan fingerprint density at radius 3 is 2.53 bits per heavy atom. The average Bonchev–Trinajstić information content (AvgIpc) is 2.27. The van der Waals surface area contributed by atoms with Crippen molar-refractivity contribution in [1.82, 2.24) is 4.90 Å². The molecule has 0 aromatic rings. The quantitative estimate of drug-likeness (QED) is 0.471. The van der Waals surface area contributed by atoms with Crippen LogP contribution in [0.2, 0.25) is 0 Å². The van der Waals surface area contributed by atoms with E-state index in [4.69, 9.17) is 4.74 Å². The molecular formula is C11H14AuNO2. The molecule has 1 rings (SSSR count). The number of amides is 1. The van der Waals surface area contributed by atoms with E-state index in [1.807, 2.05) is 26.8 Å². The largest absolute Gasteiger partial charge is 1.00 e. The summed E-state index contributed by atoms with van der Waals surface area (Å²) in [5.74, 6) is 0. The third-order valence-corrected chi connectivity index (χ3v) is 1.36. The van der Waals surface area contributed by atoms with Gasteiger partial charge in [-0.3, -0.25) is 4.79 Å². The molecule has 0 radical (unpaired) electrons. The van der Waals surface area contributed by atoms with Crippen molar-refractivity contribution in [3.8, 4) is 0 Å². The fourth-order valence-electron chi connectivity index (χ4n) is 0.846. The fraction of sp³-hybridized carbons (Fsp3) is 0.364. The number of nitrogens with zero attached hydrogens (tertiary/aromatic N) is 1. The molecule has 0 aromatic carbocycles. The minimum Gasteiger partial charge on any atom is -0.487 e. The molecule has 3 nitrogen and oxygen atoms in total. The zero-order valence-electron chi connectivity index (χ0n) is 8.95. The van der Waals surface area contributed by atoms with Crippen molar-refractivity contribution >= 4 is 6.09 Å². The third kappa shape index (κ3) is 5.62. The van der Waals surface area contributed by atoms with Gasteiger partial charge in [-0.2, -0.15) is 0 Å². The van der Waals surface area contributed by atoms with Gasteiger partial charge in [0.15, 0.2) is 0 Å². The molecule has 15 heavy (non-hydrogen) atoms. The Morgan fingerprint density at radius 2 is 1.93 bits per heavy atom. The Labute approximate surface area is 106 Å². The van der Waals surface area contributed by atoms with Gasteiger partial charge in [0, 0.05) is 0 Å². The van der Waals surface area contributed by atoms with Crippen LogP contribution in [0.4, 0.5) is 4.79 Å². The Morgan fingerprint density at radius 1 is 1.27 bits per heavy atom. The number of carbonyl (C=O) groups excluding carboxylic acids is 1. The van der Waals surface area contributed by atoms with Crippen molar-refractivity contribution in [2.45, 2.75) is 26.4 Å². The summed E-state index contributed by atoms with van der Waals surface area (Å²) in [6, 6.07) is 0. The van der Waals surface area contributed by atoms with Gasteiger partial charge in [-0.05, 0) is 20.8 Å². The first-order valence-corrected chi connectivity index (χ1v) is 4.44. The Kier molecular flexibility index (Phi) is 5.65. The first-order valence-electron chi connectivity index (χ1n) is 4.44. The molecule has 0 atom stereocenters. The molecular weight excluding hydrogens is 375 g/mol. The molecule has 0 aromatic heterocycles. The normalized spacial score (nSPS) is 14.5. The number of ether oxygens (including phenoxy) is 1. The van der Waals surface area contributed by atoms with Crippen LogP contribution in [0.5, 0.6) is 0 Å². The summed E-state index contributed by atoms with van der Waals surface area (Å²) in [5, 5.41) is 0. The van der Waals surface area contributed by atoms with E-state index in [-0.39, 0.29) is 22.4 Å². The van der Waals surface area contributed by atoms with Crippen LogP contribution in [-0.4, -0.2) is 16.6 Å². The van der Waals surface area contributed by atoms with Crippen LogP contribution >= 0.6 is 0 Å². The molecule has 1 amide bonds. The van der Waals surface area contributed by atoms with Crippen LogP contribution in [-0.2, 0) is 27.1 Å². The van der Waals surface area contributed by atoms with Crippen LogP contribution in [0, 0.1) is 6.20 Å². The maximum absolute atomic E-state index is 11.5. The van der Waals surface area contributed by atoms with Crippen molar-refractivity contribution < 1.29 is 31.9 Å². The molecule has 1 heterocycles. The van der Waals surface area contributed by atoms with Gasteiger partial charge in [-0.15, -0.1) is 18.2 Å². The van der Waals surface area contributed by atoms with Crippen LogP contribution in [0.1, 0.15) is 20.8 Å². The van der Waals surface area contributed by atoms with Crippen LogP contribution in [0.3, 0.4) is 0 Å². The second-order valence-electron chi connectivity index (χ2n) is 3.87. The van der Waals surface area contributed by atoms with Crippen molar-refractivity contribution in [2.75, 3.05) is 0 Å². The van der Waals surface area contributed by atoms with E-state index in [9.17, 15) is 4.79 Å². The molecule has 1 aliphatic heterocycles. The van der Waals surface area contributed by atoms with Crippen molar-refractivity contribution in [3.05, 3.63) is 36.7 Å². The molecule has 0 N–H and O–H groups in total. The predicted molar refractivity (Wildman–Crippen MR) is 54.2 cm³/mol. The topological polar surface area (TPSA) is 29.5 Å². The van der Waals surface area contributed by atoms with Gasteiger partial charge in [0.2, 0.25) is 0 Å². The summed E-state index contributed by atoms with van der Waals surface area (Å²) in [6.07, 6.45) is 11.0. The molecule has 0 saturated heterocycles. The van der Waals surface area contributed by atoms with E-state index in [1.165, 1.54) is 4.90 Å². The minimum atomic E-state index is -0.480. The molecule has 0 unspecified atom stereocenters. The SMILES string of the molecule is CC(C)(C)OC(=O)N1[C-]=CC=CC=C1.[Au+]. The van der Waals surface area contributed by atoms with Crippen molar-refractivity contribution in [3.63, 3.8) is 0 Å². The second-order valence-corrected chi connectivity index (χ2v) is 3.87. The zero-order valence-corrected chi connectivity index (χ0v) is 11.1. The van der Waals surface area contributed by atoms with E-state index in [1.54, 1.807) is 24.4 Å². The first-order chi connectivity index (χ1) is 6.49. The van der Waals surface area contributed by atoms with Gasteiger partial charge >= 0.3 is 28.5 Å². The number of carbonyl (C=O) groups is 1. The Hall–Kier alpha value is -0.770. The monoisotopic (exact) mass is 389 g/mol. The summed E-state index contributed by atoms with van der Waals surface area (Å²) < 4.78 is 5.16. The van der Waals surface area contributed by atoms with Gasteiger partial charge in [-0.1, -0.05) is 18.5 Å². The Bertz CT molecular complexity index is 284. The van der Waals surface area contributed by atoms with E-state index in [0.29, 0.717) is 0 Å². The smallest absolute Gasteiger partial charge is 0.487 e. The molecule has 86 valence electrons. The van der Waals surface area contributed by atoms with Gasteiger partial charge in [0.25, 0.3) is 0 Å². The van der Waals surface area contributed by atoms with E-state index < -0.39 is 11.7 Å². The molecule has 0 fully saturated rings. The fourth-order valence-corrected chi connectivity index (χ4v) is 0.846. The summed E-state index contributed by atoms with van der Waals surface area (Å²) in [7, 11) is 0. The summed E-state index contributed by atoms with van der Waals surface area (Å²) in [4.78, 5) is 12.8. The minimum absolute atomic E-state index is 0. The predicted octanol–water partition coefficient (Wildman–Crippen LogP) is 2.62. The van der Waals surface area contributed by atoms with E-state index >= 15 is 0 Å². The Balaban J connectivity index is 0.00000196. The van der Waals surface area contributed by atoms with Gasteiger partial charge in [-0.25, -0.2) is 0 Å². The number of hydrogen-bond acceptors (Lipinski definition) is 2. The third-order valence-electron chi connectivity index (χ3n) is 1.36.